The van der Waals surface area contributed by atoms with Crippen molar-refractivity contribution in [2.45, 2.75) is 39.7 Å². The van der Waals surface area contributed by atoms with Crippen molar-refractivity contribution in [2.75, 3.05) is 25.2 Å². The van der Waals surface area contributed by atoms with E-state index in [-0.39, 0.29) is 5.78 Å². The Morgan fingerprint density at radius 1 is 1.26 bits per heavy atom. The van der Waals surface area contributed by atoms with Crippen LogP contribution in [-0.4, -0.2) is 32.1 Å². The number of rotatable bonds is 8. The minimum absolute atomic E-state index is 0.115. The highest BCUT2D eigenvalue weighted by molar-refractivity contribution is 5.99. The van der Waals surface area contributed by atoms with Gasteiger partial charge in [-0.05, 0) is 31.9 Å². The first-order valence-corrected chi connectivity index (χ1v) is 7.01. The molecule has 0 spiro atoms. The fourth-order valence-electron chi connectivity index (χ4n) is 2.44. The van der Waals surface area contributed by atoms with Crippen LogP contribution in [0, 0.1) is 0 Å². The number of nitrogens with zero attached hydrogens (tertiary/aromatic N) is 1. The number of ether oxygens (including phenoxy) is 1. The Balaban J connectivity index is 3.12. The van der Waals surface area contributed by atoms with Crippen LogP contribution in [0.5, 0.6) is 0 Å². The van der Waals surface area contributed by atoms with E-state index in [0.29, 0.717) is 12.6 Å². The third-order valence-electron chi connectivity index (χ3n) is 3.51. The van der Waals surface area contributed by atoms with Gasteiger partial charge in [0.2, 0.25) is 0 Å². The summed E-state index contributed by atoms with van der Waals surface area (Å²) in [5.41, 5.74) is 1.83. The summed E-state index contributed by atoms with van der Waals surface area (Å²) in [6.07, 6.45) is 2.12. The summed E-state index contributed by atoms with van der Waals surface area (Å²) >= 11 is 0. The van der Waals surface area contributed by atoms with Crippen LogP contribution in [0.3, 0.4) is 0 Å². The molecule has 0 radical (unpaired) electrons. The maximum atomic E-state index is 11.8. The van der Waals surface area contributed by atoms with Gasteiger partial charge < -0.3 is 9.64 Å². The third kappa shape index (κ3) is 4.06. The van der Waals surface area contributed by atoms with Gasteiger partial charge in [0.25, 0.3) is 0 Å². The molecule has 0 N–H and O–H groups in total. The summed E-state index contributed by atoms with van der Waals surface area (Å²) in [6, 6.07) is 8.28. The van der Waals surface area contributed by atoms with E-state index < -0.39 is 0 Å². The van der Waals surface area contributed by atoms with Crippen LogP contribution >= 0.6 is 0 Å². The molecular weight excluding hydrogens is 238 g/mol. The molecule has 0 heterocycles. The van der Waals surface area contributed by atoms with E-state index in [4.69, 9.17) is 4.74 Å². The maximum Gasteiger partial charge on any atom is 0.161 e. The fraction of sp³-hybridized carbons (Fsp3) is 0.562. The Morgan fingerprint density at radius 3 is 2.42 bits per heavy atom. The van der Waals surface area contributed by atoms with Gasteiger partial charge in [-0.3, -0.25) is 4.79 Å². The zero-order valence-corrected chi connectivity index (χ0v) is 12.5. The number of carbonyl (C=O) groups is 1. The van der Waals surface area contributed by atoms with E-state index >= 15 is 0 Å². The Bertz CT molecular complexity index is 399. The molecule has 0 fully saturated rings. The number of hydrogen-bond donors (Lipinski definition) is 0. The molecule has 106 valence electrons. The second-order valence-corrected chi connectivity index (χ2v) is 4.73. The van der Waals surface area contributed by atoms with Crippen molar-refractivity contribution in [3.05, 3.63) is 29.8 Å². The zero-order valence-electron chi connectivity index (χ0n) is 12.5. The van der Waals surface area contributed by atoms with E-state index in [1.807, 2.05) is 24.3 Å². The minimum Gasteiger partial charge on any atom is -0.383 e. The van der Waals surface area contributed by atoms with E-state index in [1.165, 1.54) is 0 Å². The zero-order chi connectivity index (χ0) is 14.3. The van der Waals surface area contributed by atoms with Crippen molar-refractivity contribution in [3.63, 3.8) is 0 Å². The highest BCUT2D eigenvalue weighted by atomic mass is 16.5. The molecule has 0 bridgehead atoms. The third-order valence-corrected chi connectivity index (χ3v) is 3.51. The van der Waals surface area contributed by atoms with Gasteiger partial charge in [0.1, 0.15) is 0 Å². The summed E-state index contributed by atoms with van der Waals surface area (Å²) in [6.45, 7) is 7.48. The molecular formula is C16H25NO2. The number of methoxy groups -OCH3 is 1. The van der Waals surface area contributed by atoms with Gasteiger partial charge in [-0.15, -0.1) is 0 Å². The van der Waals surface area contributed by atoms with Gasteiger partial charge in [0, 0.05) is 30.9 Å². The van der Waals surface area contributed by atoms with Crippen LogP contribution < -0.4 is 4.90 Å². The Kier molecular flexibility index (Phi) is 6.57. The lowest BCUT2D eigenvalue weighted by Gasteiger charge is -2.33. The SMILES string of the molecule is CCC(CC)N(CCOC)c1ccccc1C(C)=O. The van der Waals surface area contributed by atoms with Crippen molar-refractivity contribution in [1.29, 1.82) is 0 Å². The van der Waals surface area contributed by atoms with Crippen LogP contribution in [0.4, 0.5) is 5.69 Å². The van der Waals surface area contributed by atoms with Gasteiger partial charge in [0.05, 0.1) is 6.61 Å². The van der Waals surface area contributed by atoms with Gasteiger partial charge >= 0.3 is 0 Å². The van der Waals surface area contributed by atoms with E-state index in [9.17, 15) is 4.79 Å². The topological polar surface area (TPSA) is 29.5 Å². The summed E-state index contributed by atoms with van der Waals surface area (Å²) in [5.74, 6) is 0.115. The summed E-state index contributed by atoms with van der Waals surface area (Å²) in [7, 11) is 1.71. The van der Waals surface area contributed by atoms with Crippen LogP contribution in [0.15, 0.2) is 24.3 Å². The Hall–Kier alpha value is -1.35. The molecule has 1 rings (SSSR count). The predicted molar refractivity (Wildman–Crippen MR) is 80.0 cm³/mol. The van der Waals surface area contributed by atoms with Crippen LogP contribution in [0.2, 0.25) is 0 Å². The molecule has 0 aliphatic heterocycles. The van der Waals surface area contributed by atoms with Gasteiger partial charge in [-0.25, -0.2) is 0 Å². The molecule has 3 heteroatoms. The predicted octanol–water partition coefficient (Wildman–Crippen LogP) is 3.53. The lowest BCUT2D eigenvalue weighted by molar-refractivity contribution is 0.101. The molecule has 0 atom stereocenters. The maximum absolute atomic E-state index is 11.8. The molecule has 0 saturated carbocycles. The fourth-order valence-corrected chi connectivity index (χ4v) is 2.44. The summed E-state index contributed by atoms with van der Waals surface area (Å²) < 4.78 is 5.21. The van der Waals surface area contributed by atoms with Gasteiger partial charge in [-0.1, -0.05) is 26.0 Å². The van der Waals surface area contributed by atoms with E-state index in [2.05, 4.69) is 18.7 Å². The molecule has 0 aliphatic carbocycles. The first-order chi connectivity index (χ1) is 9.15. The number of benzene rings is 1. The molecule has 1 aromatic rings. The van der Waals surface area contributed by atoms with Crippen LogP contribution in [-0.2, 0) is 4.74 Å². The molecule has 3 nitrogen and oxygen atoms in total. The first kappa shape index (κ1) is 15.7. The first-order valence-electron chi connectivity index (χ1n) is 7.01. The number of Topliss-reactive ketones (excluding diaryl/α,β-unsaturated/α-hetero) is 1. The second kappa shape index (κ2) is 7.95. The average Bonchev–Trinajstić information content (AvgIpc) is 2.43. The van der Waals surface area contributed by atoms with Crippen molar-refractivity contribution in [3.8, 4) is 0 Å². The number of hydrogen-bond acceptors (Lipinski definition) is 3. The van der Waals surface area contributed by atoms with Crippen molar-refractivity contribution in [1.82, 2.24) is 0 Å². The summed E-state index contributed by atoms with van der Waals surface area (Å²) in [4.78, 5) is 14.1. The molecule has 0 aromatic heterocycles. The Morgan fingerprint density at radius 2 is 1.89 bits per heavy atom. The number of carbonyl (C=O) groups excluding carboxylic acids is 1. The molecule has 19 heavy (non-hydrogen) atoms. The highest BCUT2D eigenvalue weighted by Crippen LogP contribution is 2.25. The quantitative estimate of drug-likeness (QED) is 0.672. The monoisotopic (exact) mass is 263 g/mol. The van der Waals surface area contributed by atoms with Crippen molar-refractivity contribution < 1.29 is 9.53 Å². The molecule has 0 aliphatic rings. The molecule has 0 amide bonds. The average molecular weight is 263 g/mol. The number of para-hydroxylation sites is 1. The Labute approximate surface area is 116 Å². The largest absolute Gasteiger partial charge is 0.383 e. The smallest absolute Gasteiger partial charge is 0.161 e. The normalized spacial score (nSPS) is 10.8. The van der Waals surface area contributed by atoms with Crippen LogP contribution in [0.25, 0.3) is 0 Å². The van der Waals surface area contributed by atoms with Crippen molar-refractivity contribution in [2.24, 2.45) is 0 Å². The minimum atomic E-state index is 0.115. The highest BCUT2D eigenvalue weighted by Gasteiger charge is 2.19. The standard InChI is InChI=1S/C16H25NO2/c1-5-14(6-2)17(11-12-19-4)16-10-8-7-9-15(16)13(3)18/h7-10,14H,5-6,11-12H2,1-4H3. The van der Waals surface area contributed by atoms with Gasteiger partial charge in [0.15, 0.2) is 5.78 Å². The molecule has 1 aromatic carbocycles. The van der Waals surface area contributed by atoms with Crippen molar-refractivity contribution >= 4 is 11.5 Å². The van der Waals surface area contributed by atoms with E-state index in [1.54, 1.807) is 14.0 Å². The van der Waals surface area contributed by atoms with Crippen LogP contribution in [0.1, 0.15) is 44.0 Å². The van der Waals surface area contributed by atoms with E-state index in [0.717, 1.165) is 30.6 Å². The number of anilines is 1. The number of ketones is 1. The second-order valence-electron chi connectivity index (χ2n) is 4.73. The molecule has 0 unspecified atom stereocenters. The molecule has 0 saturated heterocycles. The lowest BCUT2D eigenvalue weighted by atomic mass is 10.0. The summed E-state index contributed by atoms with van der Waals surface area (Å²) in [5, 5.41) is 0. The van der Waals surface area contributed by atoms with Gasteiger partial charge in [-0.2, -0.15) is 0 Å². The lowest BCUT2D eigenvalue weighted by Crippen LogP contribution is -2.38.